The molecule has 0 unspecified atom stereocenters. The number of aromatic nitrogens is 2. The number of benzene rings is 1. The molecule has 7 heteroatoms. The average Bonchev–Trinajstić information content (AvgIpc) is 3.03. The van der Waals surface area contributed by atoms with Crippen molar-refractivity contribution in [2.75, 3.05) is 0 Å². The summed E-state index contributed by atoms with van der Waals surface area (Å²) in [5, 5.41) is 2.85. The van der Waals surface area contributed by atoms with Gasteiger partial charge in [-0.2, -0.15) is 0 Å². The zero-order valence-electron chi connectivity index (χ0n) is 11.7. The summed E-state index contributed by atoms with van der Waals surface area (Å²) in [5.74, 6) is -0.790. The topological polar surface area (TPSA) is 52.1 Å². The van der Waals surface area contributed by atoms with Gasteiger partial charge < -0.3 is 4.74 Å². The summed E-state index contributed by atoms with van der Waals surface area (Å²) in [4.78, 5) is 20.1. The first-order chi connectivity index (χ1) is 11.1. The van der Waals surface area contributed by atoms with E-state index in [0.29, 0.717) is 16.4 Å². The van der Waals surface area contributed by atoms with Crippen molar-refractivity contribution in [2.24, 2.45) is 0 Å². The fourth-order valence-electron chi connectivity index (χ4n) is 1.82. The predicted molar refractivity (Wildman–Crippen MR) is 85.9 cm³/mol. The molecule has 2 heterocycles. The molecule has 0 N–H and O–H groups in total. The van der Waals surface area contributed by atoms with Gasteiger partial charge in [-0.15, -0.1) is 11.3 Å². The predicted octanol–water partition coefficient (Wildman–Crippen LogP) is 4.35. The fraction of sp³-hybridized carbons (Fsp3) is 0.0625. The van der Waals surface area contributed by atoms with Crippen LogP contribution in [0.4, 0.5) is 4.39 Å². The maximum atomic E-state index is 12.9. The number of nitrogens with zero attached hydrogens (tertiary/aromatic N) is 2. The van der Waals surface area contributed by atoms with Gasteiger partial charge in [0.25, 0.3) is 0 Å². The van der Waals surface area contributed by atoms with Crippen molar-refractivity contribution in [3.63, 3.8) is 0 Å². The highest BCUT2D eigenvalue weighted by atomic mass is 35.5. The van der Waals surface area contributed by atoms with Gasteiger partial charge in [0.05, 0.1) is 11.3 Å². The van der Waals surface area contributed by atoms with Gasteiger partial charge in [-0.25, -0.2) is 19.2 Å². The van der Waals surface area contributed by atoms with Crippen LogP contribution in [0.15, 0.2) is 48.0 Å². The number of thiazole rings is 1. The highest BCUT2D eigenvalue weighted by molar-refractivity contribution is 7.13. The molecule has 0 saturated heterocycles. The molecule has 0 spiro atoms. The zero-order valence-corrected chi connectivity index (χ0v) is 13.3. The third-order valence-electron chi connectivity index (χ3n) is 2.96. The molecule has 3 rings (SSSR count). The second kappa shape index (κ2) is 6.85. The first kappa shape index (κ1) is 15.6. The molecule has 0 saturated carbocycles. The summed E-state index contributed by atoms with van der Waals surface area (Å²) < 4.78 is 18.1. The Hall–Kier alpha value is -2.31. The van der Waals surface area contributed by atoms with Gasteiger partial charge >= 0.3 is 5.97 Å². The summed E-state index contributed by atoms with van der Waals surface area (Å²) in [5.41, 5.74) is 1.77. The van der Waals surface area contributed by atoms with E-state index >= 15 is 0 Å². The Balaban J connectivity index is 1.64. The molecule has 0 bridgehead atoms. The molecule has 23 heavy (non-hydrogen) atoms. The van der Waals surface area contributed by atoms with E-state index in [1.54, 1.807) is 23.6 Å². The van der Waals surface area contributed by atoms with Crippen LogP contribution >= 0.6 is 22.9 Å². The Kier molecular flexibility index (Phi) is 4.64. The van der Waals surface area contributed by atoms with Crippen LogP contribution < -0.4 is 0 Å². The minimum atomic E-state index is -0.495. The molecule has 0 aliphatic heterocycles. The third kappa shape index (κ3) is 3.91. The molecule has 0 aliphatic rings. The van der Waals surface area contributed by atoms with Crippen LogP contribution in [0.1, 0.15) is 16.1 Å². The maximum Gasteiger partial charge on any atom is 0.340 e. The second-order valence-corrected chi connectivity index (χ2v) is 5.84. The first-order valence-electron chi connectivity index (χ1n) is 6.61. The molecule has 0 fully saturated rings. The smallest absolute Gasteiger partial charge is 0.340 e. The van der Waals surface area contributed by atoms with Crippen LogP contribution in [-0.2, 0) is 11.3 Å². The van der Waals surface area contributed by atoms with Crippen molar-refractivity contribution in [1.82, 2.24) is 9.97 Å². The molecule has 0 amide bonds. The number of halogens is 2. The van der Waals surface area contributed by atoms with Crippen LogP contribution in [0.5, 0.6) is 0 Å². The van der Waals surface area contributed by atoms with Crippen molar-refractivity contribution in [1.29, 1.82) is 0 Å². The summed E-state index contributed by atoms with van der Waals surface area (Å²) in [6.07, 6.45) is 1.36. The van der Waals surface area contributed by atoms with E-state index in [0.717, 1.165) is 10.6 Å². The Morgan fingerprint density at radius 3 is 2.70 bits per heavy atom. The van der Waals surface area contributed by atoms with E-state index in [-0.39, 0.29) is 12.4 Å². The van der Waals surface area contributed by atoms with Crippen molar-refractivity contribution in [3.05, 3.63) is 70.2 Å². The maximum absolute atomic E-state index is 12.9. The molecule has 4 nitrogen and oxygen atoms in total. The third-order valence-corrected chi connectivity index (χ3v) is 4.12. The van der Waals surface area contributed by atoms with Gasteiger partial charge in [0.15, 0.2) is 0 Å². The Bertz CT molecular complexity index is 819. The van der Waals surface area contributed by atoms with Crippen molar-refractivity contribution in [2.45, 2.75) is 6.61 Å². The lowest BCUT2D eigenvalue weighted by Crippen LogP contribution is -2.05. The van der Waals surface area contributed by atoms with Crippen molar-refractivity contribution < 1.29 is 13.9 Å². The number of pyridine rings is 1. The molecule has 3 aromatic rings. The van der Waals surface area contributed by atoms with Crippen molar-refractivity contribution >= 4 is 28.9 Å². The fourth-order valence-corrected chi connectivity index (χ4v) is 2.74. The number of hydrogen-bond acceptors (Lipinski definition) is 5. The number of hydrogen-bond donors (Lipinski definition) is 0. The molecule has 1 aromatic carbocycles. The van der Waals surface area contributed by atoms with Gasteiger partial charge in [0.1, 0.15) is 22.6 Å². The quantitative estimate of drug-likeness (QED) is 0.519. The normalized spacial score (nSPS) is 10.5. The van der Waals surface area contributed by atoms with Gasteiger partial charge in [0.2, 0.25) is 0 Å². The zero-order chi connectivity index (χ0) is 16.2. The number of ether oxygens (including phenoxy) is 1. The van der Waals surface area contributed by atoms with Crippen LogP contribution in [0, 0.1) is 5.82 Å². The van der Waals surface area contributed by atoms with Gasteiger partial charge in [-0.1, -0.05) is 11.6 Å². The van der Waals surface area contributed by atoms with Crippen LogP contribution in [0.3, 0.4) is 0 Å². The van der Waals surface area contributed by atoms with E-state index in [4.69, 9.17) is 16.3 Å². The number of carbonyl (C=O) groups excluding carboxylic acids is 1. The summed E-state index contributed by atoms with van der Waals surface area (Å²) >= 11 is 7.07. The Morgan fingerprint density at radius 1 is 1.22 bits per heavy atom. The molecule has 2 aromatic heterocycles. The molecule has 0 aliphatic carbocycles. The summed E-state index contributed by atoms with van der Waals surface area (Å²) in [6, 6.07) is 9.14. The number of carbonyl (C=O) groups is 1. The van der Waals surface area contributed by atoms with Gasteiger partial charge in [-0.3, -0.25) is 0 Å². The van der Waals surface area contributed by atoms with E-state index in [1.165, 1.54) is 35.7 Å². The summed E-state index contributed by atoms with van der Waals surface area (Å²) in [7, 11) is 0. The molecular formula is C16H10ClFN2O2S. The Labute approximate surface area is 140 Å². The Morgan fingerprint density at radius 2 is 2.00 bits per heavy atom. The van der Waals surface area contributed by atoms with Crippen LogP contribution in [0.25, 0.3) is 10.6 Å². The molecular weight excluding hydrogens is 339 g/mol. The monoisotopic (exact) mass is 348 g/mol. The number of esters is 1. The first-order valence-corrected chi connectivity index (χ1v) is 7.86. The molecule has 0 radical (unpaired) electrons. The molecule has 0 atom stereocenters. The average molecular weight is 349 g/mol. The highest BCUT2D eigenvalue weighted by Crippen LogP contribution is 2.24. The van der Waals surface area contributed by atoms with Gasteiger partial charge in [0, 0.05) is 17.1 Å². The van der Waals surface area contributed by atoms with Crippen LogP contribution in [0.2, 0.25) is 5.15 Å². The minimum Gasteiger partial charge on any atom is -0.456 e. The van der Waals surface area contributed by atoms with E-state index in [2.05, 4.69) is 9.97 Å². The van der Waals surface area contributed by atoms with Crippen molar-refractivity contribution in [3.8, 4) is 10.6 Å². The largest absolute Gasteiger partial charge is 0.456 e. The minimum absolute atomic E-state index is 0.0547. The summed E-state index contributed by atoms with van der Waals surface area (Å²) in [6.45, 7) is 0.0547. The van der Waals surface area contributed by atoms with Gasteiger partial charge in [-0.05, 0) is 36.4 Å². The van der Waals surface area contributed by atoms with Crippen LogP contribution in [-0.4, -0.2) is 15.9 Å². The lowest BCUT2D eigenvalue weighted by atomic mass is 10.2. The highest BCUT2D eigenvalue weighted by Gasteiger charge is 2.10. The van der Waals surface area contributed by atoms with E-state index < -0.39 is 5.97 Å². The van der Waals surface area contributed by atoms with E-state index in [1.807, 2.05) is 0 Å². The standard InChI is InChI=1S/C16H10ClFN2O2S/c17-14-6-3-11(7-19-14)16(21)22-8-13-9-23-15(20-13)10-1-4-12(18)5-2-10/h1-7,9H,8H2. The SMILES string of the molecule is O=C(OCc1csc(-c2ccc(F)cc2)n1)c1ccc(Cl)nc1. The van der Waals surface area contributed by atoms with E-state index in [9.17, 15) is 9.18 Å². The lowest BCUT2D eigenvalue weighted by molar-refractivity contribution is 0.0468. The lowest BCUT2D eigenvalue weighted by Gasteiger charge is -2.02. The molecule has 116 valence electrons. The number of rotatable bonds is 4. The second-order valence-electron chi connectivity index (χ2n) is 4.60.